The van der Waals surface area contributed by atoms with Crippen molar-refractivity contribution in [2.24, 2.45) is 0 Å². The number of aromatic nitrogens is 4. The number of anilines is 2. The largest absolute Gasteiger partial charge is 0.418 e. The minimum atomic E-state index is -4.69. The van der Waals surface area contributed by atoms with Gasteiger partial charge >= 0.3 is 6.18 Å². The molecule has 0 bridgehead atoms. The Labute approximate surface area is 237 Å². The number of amides is 1. The number of piperazine rings is 1. The average molecular weight is 594 g/mol. The van der Waals surface area contributed by atoms with Crippen molar-refractivity contribution in [3.8, 4) is 0 Å². The van der Waals surface area contributed by atoms with Gasteiger partial charge in [-0.25, -0.2) is 19.9 Å². The van der Waals surface area contributed by atoms with Crippen LogP contribution in [0.15, 0.2) is 30.9 Å². The van der Waals surface area contributed by atoms with Gasteiger partial charge in [0.25, 0.3) is 5.91 Å². The molecule has 2 aliphatic rings. The van der Waals surface area contributed by atoms with Crippen LogP contribution >= 0.6 is 22.9 Å². The highest BCUT2D eigenvalue weighted by atomic mass is 35.5. The Bertz CT molecular complexity index is 1400. The molecule has 0 spiro atoms. The molecule has 9 nitrogen and oxygen atoms in total. The quantitative estimate of drug-likeness (QED) is 0.368. The molecule has 0 aliphatic carbocycles. The molecule has 3 aromatic rings. The van der Waals surface area contributed by atoms with Crippen molar-refractivity contribution in [1.29, 1.82) is 0 Å². The summed E-state index contributed by atoms with van der Waals surface area (Å²) in [5.41, 5.74) is -0.771. The van der Waals surface area contributed by atoms with Crippen LogP contribution in [0.4, 0.5) is 24.8 Å². The summed E-state index contributed by atoms with van der Waals surface area (Å²) in [5.74, 6) is -0.686. The fraction of sp³-hybridized carbons (Fsp3) is 0.462. The van der Waals surface area contributed by atoms with Gasteiger partial charge in [0.1, 0.15) is 28.5 Å². The molecule has 2 unspecified atom stereocenters. The molecule has 40 heavy (non-hydrogen) atoms. The van der Waals surface area contributed by atoms with Crippen LogP contribution in [0.1, 0.15) is 69.3 Å². The SMILES string of the molecule is CC(CC(=O)c1cc(N2CCN3CCCCC3C2)ncn1)c1ncc(C(=O)Nc2cc(C(F)(F)F)c(Cl)cn2)s1. The number of ketones is 1. The normalized spacial score (nSPS) is 18.7. The molecule has 1 amide bonds. The molecule has 14 heteroatoms. The molecular formula is C26H27ClF3N7O2S. The van der Waals surface area contributed by atoms with Crippen molar-refractivity contribution in [1.82, 2.24) is 24.8 Å². The Morgan fingerprint density at radius 3 is 2.75 bits per heavy atom. The number of piperidine rings is 1. The van der Waals surface area contributed by atoms with Crippen LogP contribution < -0.4 is 10.2 Å². The molecule has 3 aromatic heterocycles. The van der Waals surface area contributed by atoms with Crippen molar-refractivity contribution < 1.29 is 22.8 Å². The molecule has 1 N–H and O–H groups in total. The number of hydrogen-bond acceptors (Lipinski definition) is 9. The maximum Gasteiger partial charge on any atom is 0.418 e. The Kier molecular flexibility index (Phi) is 8.34. The molecule has 2 aliphatic heterocycles. The minimum Gasteiger partial charge on any atom is -0.354 e. The molecule has 2 saturated heterocycles. The zero-order valence-corrected chi connectivity index (χ0v) is 23.2. The number of fused-ring (bicyclic) bond motifs is 1. The Balaban J connectivity index is 1.20. The van der Waals surface area contributed by atoms with E-state index < -0.39 is 22.7 Å². The molecule has 0 aromatic carbocycles. The second-order valence-electron chi connectivity index (χ2n) is 9.99. The highest BCUT2D eigenvalue weighted by Gasteiger charge is 2.34. The number of carbonyl (C=O) groups excluding carboxylic acids is 2. The predicted molar refractivity (Wildman–Crippen MR) is 145 cm³/mol. The number of nitrogens with one attached hydrogen (secondary N) is 1. The fourth-order valence-electron chi connectivity index (χ4n) is 5.03. The molecule has 5 heterocycles. The fourth-order valence-corrected chi connectivity index (χ4v) is 6.10. The van der Waals surface area contributed by atoms with Gasteiger partial charge in [-0.15, -0.1) is 11.3 Å². The lowest BCUT2D eigenvalue weighted by Gasteiger charge is -2.44. The number of thiazole rings is 1. The number of nitrogens with zero attached hydrogens (tertiary/aromatic N) is 6. The van der Waals surface area contributed by atoms with Gasteiger partial charge < -0.3 is 10.2 Å². The van der Waals surface area contributed by atoms with E-state index in [4.69, 9.17) is 11.6 Å². The van der Waals surface area contributed by atoms with Crippen LogP contribution in [0.3, 0.4) is 0 Å². The maximum absolute atomic E-state index is 13.1. The molecule has 2 fully saturated rings. The minimum absolute atomic E-state index is 0.120. The van der Waals surface area contributed by atoms with Crippen LogP contribution in [0, 0.1) is 0 Å². The van der Waals surface area contributed by atoms with Crippen LogP contribution in [-0.2, 0) is 6.18 Å². The summed E-state index contributed by atoms with van der Waals surface area (Å²) in [6, 6.07) is 2.92. The number of carbonyl (C=O) groups is 2. The highest BCUT2D eigenvalue weighted by molar-refractivity contribution is 7.13. The molecule has 0 saturated carbocycles. The van der Waals surface area contributed by atoms with Crippen LogP contribution in [0.5, 0.6) is 0 Å². The van der Waals surface area contributed by atoms with Gasteiger partial charge in [-0.3, -0.25) is 14.5 Å². The number of rotatable bonds is 7. The number of alkyl halides is 3. The summed E-state index contributed by atoms with van der Waals surface area (Å²) < 4.78 is 39.3. The summed E-state index contributed by atoms with van der Waals surface area (Å²) in [7, 11) is 0. The second kappa shape index (κ2) is 11.8. The van der Waals surface area contributed by atoms with E-state index in [0.29, 0.717) is 22.8 Å². The predicted octanol–water partition coefficient (Wildman–Crippen LogP) is 5.30. The van der Waals surface area contributed by atoms with E-state index in [1.807, 2.05) is 6.92 Å². The van der Waals surface area contributed by atoms with Crippen molar-refractivity contribution in [3.63, 3.8) is 0 Å². The third-order valence-electron chi connectivity index (χ3n) is 7.16. The topological polar surface area (TPSA) is 104 Å². The Morgan fingerprint density at radius 2 is 1.95 bits per heavy atom. The van der Waals surface area contributed by atoms with Crippen LogP contribution in [0.2, 0.25) is 5.02 Å². The Morgan fingerprint density at radius 1 is 1.12 bits per heavy atom. The number of hydrogen-bond donors (Lipinski definition) is 1. The smallest absolute Gasteiger partial charge is 0.354 e. The lowest BCUT2D eigenvalue weighted by atomic mass is 9.99. The van der Waals surface area contributed by atoms with E-state index in [2.05, 4.69) is 35.1 Å². The molecule has 0 radical (unpaired) electrons. The van der Waals surface area contributed by atoms with Gasteiger partial charge in [-0.05, 0) is 25.5 Å². The lowest BCUT2D eigenvalue weighted by molar-refractivity contribution is -0.137. The van der Waals surface area contributed by atoms with Gasteiger partial charge in [0.15, 0.2) is 5.78 Å². The zero-order valence-electron chi connectivity index (χ0n) is 21.6. The van der Waals surface area contributed by atoms with Crippen molar-refractivity contribution >= 4 is 46.3 Å². The Hall–Kier alpha value is -3.16. The van der Waals surface area contributed by atoms with Gasteiger partial charge in [0.05, 0.1) is 21.8 Å². The van der Waals surface area contributed by atoms with E-state index in [1.54, 1.807) is 6.07 Å². The van der Waals surface area contributed by atoms with Crippen molar-refractivity contribution in [2.75, 3.05) is 36.4 Å². The summed E-state index contributed by atoms with van der Waals surface area (Å²) in [6.45, 7) is 5.67. The van der Waals surface area contributed by atoms with Gasteiger partial charge in [-0.1, -0.05) is 24.9 Å². The average Bonchev–Trinajstić information content (AvgIpc) is 3.44. The second-order valence-corrected chi connectivity index (χ2v) is 11.5. The van der Waals surface area contributed by atoms with Crippen molar-refractivity contribution in [3.05, 3.63) is 57.0 Å². The monoisotopic (exact) mass is 593 g/mol. The third-order valence-corrected chi connectivity index (χ3v) is 8.69. The summed E-state index contributed by atoms with van der Waals surface area (Å²) >= 11 is 6.65. The molecule has 5 rings (SSSR count). The lowest BCUT2D eigenvalue weighted by Crippen LogP contribution is -2.55. The van der Waals surface area contributed by atoms with E-state index in [0.717, 1.165) is 49.5 Å². The number of pyridine rings is 1. The maximum atomic E-state index is 13.1. The highest BCUT2D eigenvalue weighted by Crippen LogP contribution is 2.35. The van der Waals surface area contributed by atoms with E-state index in [1.165, 1.54) is 31.8 Å². The number of Topliss-reactive ketones (excluding diaryl/α,β-unsaturated/α-hetero) is 1. The van der Waals surface area contributed by atoms with E-state index in [-0.39, 0.29) is 28.8 Å². The standard InChI is InChI=1S/C26H27ClF3N7O2S/c1-15(25-32-12-21(40-25)24(39)35-22-9-17(26(28,29)30)18(27)11-31-22)8-20(38)19-10-23(34-14-33-19)37-7-6-36-5-3-2-4-16(36)13-37/h9-12,14-16H,2-8,13H2,1H3,(H,31,35,39). The third kappa shape index (κ3) is 6.42. The summed E-state index contributed by atoms with van der Waals surface area (Å²) in [4.78, 5) is 47.3. The molecule has 212 valence electrons. The summed E-state index contributed by atoms with van der Waals surface area (Å²) in [5, 5.41) is 2.32. The number of halogens is 4. The van der Waals surface area contributed by atoms with Gasteiger partial charge in [0.2, 0.25) is 0 Å². The zero-order chi connectivity index (χ0) is 28.4. The van der Waals surface area contributed by atoms with E-state index >= 15 is 0 Å². The summed E-state index contributed by atoms with van der Waals surface area (Å²) in [6.07, 6.45) is 2.66. The van der Waals surface area contributed by atoms with E-state index in [9.17, 15) is 22.8 Å². The molecule has 2 atom stereocenters. The first-order chi connectivity index (χ1) is 19.1. The van der Waals surface area contributed by atoms with Crippen LogP contribution in [0.25, 0.3) is 0 Å². The first kappa shape index (κ1) is 28.4. The first-order valence-electron chi connectivity index (χ1n) is 12.9. The molecular weight excluding hydrogens is 567 g/mol. The van der Waals surface area contributed by atoms with Crippen molar-refractivity contribution in [2.45, 2.75) is 50.7 Å². The van der Waals surface area contributed by atoms with Gasteiger partial charge in [0, 0.05) is 50.3 Å². The van der Waals surface area contributed by atoms with Gasteiger partial charge in [-0.2, -0.15) is 13.2 Å². The van der Waals surface area contributed by atoms with Crippen LogP contribution in [-0.4, -0.2) is 68.7 Å². The first-order valence-corrected chi connectivity index (χ1v) is 14.1.